The molecule has 2 aliphatic rings. The summed E-state index contributed by atoms with van der Waals surface area (Å²) >= 11 is 0. The van der Waals surface area contributed by atoms with Crippen molar-refractivity contribution in [1.82, 2.24) is 15.1 Å². The van der Waals surface area contributed by atoms with E-state index >= 15 is 0 Å². The molecule has 3 N–H and O–H groups in total. The van der Waals surface area contributed by atoms with Gasteiger partial charge in [0.05, 0.1) is 11.4 Å². The molecule has 9 nitrogen and oxygen atoms in total. The number of nitrogens with zero attached hydrogens (tertiary/aromatic N) is 3. The fourth-order valence-corrected chi connectivity index (χ4v) is 3.86. The normalized spacial score (nSPS) is 18.9. The molecule has 1 saturated carbocycles. The van der Waals surface area contributed by atoms with Gasteiger partial charge in [-0.3, -0.25) is 9.69 Å². The highest BCUT2D eigenvalue weighted by Crippen LogP contribution is 2.39. The number of hydrogen-bond donors (Lipinski definition) is 2. The Morgan fingerprint density at radius 1 is 1.14 bits per heavy atom. The molecule has 1 aromatic carbocycles. The molecule has 4 rings (SSSR count). The van der Waals surface area contributed by atoms with Crippen molar-refractivity contribution in [3.8, 4) is 0 Å². The van der Waals surface area contributed by atoms with Crippen LogP contribution in [0.1, 0.15) is 43.4 Å². The minimum absolute atomic E-state index is 0.0182. The molecule has 1 aliphatic heterocycles. The predicted octanol–water partition coefficient (Wildman–Crippen LogP) is 1.45. The lowest BCUT2D eigenvalue weighted by molar-refractivity contribution is -0.121. The smallest absolute Gasteiger partial charge is 0.238 e. The summed E-state index contributed by atoms with van der Waals surface area (Å²) in [5.74, 6) is 1.70. The second kappa shape index (κ2) is 7.61. The SMILES string of the molecule is NS(=O)(=O)c1ccc(NC(=O)C2CCN(Cc3nnc(C4CC4)o3)CC2)cc1. The lowest BCUT2D eigenvalue weighted by Gasteiger charge is -2.30. The van der Waals surface area contributed by atoms with Crippen molar-refractivity contribution in [2.24, 2.45) is 11.1 Å². The number of aromatic nitrogens is 2. The Hall–Kier alpha value is -2.30. The third-order valence-corrected chi connectivity index (χ3v) is 6.11. The largest absolute Gasteiger partial charge is 0.424 e. The molecule has 0 atom stereocenters. The Labute approximate surface area is 163 Å². The summed E-state index contributed by atoms with van der Waals surface area (Å²) < 4.78 is 28.3. The van der Waals surface area contributed by atoms with E-state index in [0.717, 1.165) is 44.7 Å². The van der Waals surface area contributed by atoms with Gasteiger partial charge in [-0.1, -0.05) is 0 Å². The van der Waals surface area contributed by atoms with Crippen molar-refractivity contribution in [2.75, 3.05) is 18.4 Å². The summed E-state index contributed by atoms with van der Waals surface area (Å²) in [7, 11) is -3.74. The first-order valence-corrected chi connectivity index (χ1v) is 10.9. The number of likely N-dealkylation sites (tertiary alicyclic amines) is 1. The number of sulfonamides is 1. The minimum atomic E-state index is -3.74. The topological polar surface area (TPSA) is 131 Å². The van der Waals surface area contributed by atoms with Crippen molar-refractivity contribution < 1.29 is 17.6 Å². The number of primary sulfonamides is 1. The lowest BCUT2D eigenvalue weighted by atomic mass is 9.96. The zero-order valence-corrected chi connectivity index (χ0v) is 16.2. The summed E-state index contributed by atoms with van der Waals surface area (Å²) in [5.41, 5.74) is 0.554. The molecule has 2 aromatic rings. The zero-order valence-electron chi connectivity index (χ0n) is 15.4. The zero-order chi connectivity index (χ0) is 19.7. The molecule has 28 heavy (non-hydrogen) atoms. The van der Waals surface area contributed by atoms with Gasteiger partial charge in [0.1, 0.15) is 0 Å². The number of rotatable bonds is 6. The first kappa shape index (κ1) is 19.0. The van der Waals surface area contributed by atoms with E-state index in [0.29, 0.717) is 24.0 Å². The number of anilines is 1. The molecule has 1 aromatic heterocycles. The van der Waals surface area contributed by atoms with Gasteiger partial charge in [-0.15, -0.1) is 10.2 Å². The van der Waals surface area contributed by atoms with E-state index < -0.39 is 10.0 Å². The van der Waals surface area contributed by atoms with E-state index in [1.54, 1.807) is 12.1 Å². The maximum absolute atomic E-state index is 12.5. The van der Waals surface area contributed by atoms with Crippen LogP contribution in [0.5, 0.6) is 0 Å². The highest BCUT2D eigenvalue weighted by atomic mass is 32.2. The van der Waals surface area contributed by atoms with Gasteiger partial charge in [-0.2, -0.15) is 0 Å². The first-order chi connectivity index (χ1) is 13.4. The molecule has 0 bridgehead atoms. The molecule has 1 amide bonds. The molecular weight excluding hydrogens is 382 g/mol. The van der Waals surface area contributed by atoms with Gasteiger partial charge >= 0.3 is 0 Å². The molecule has 0 radical (unpaired) electrons. The Kier molecular flexibility index (Phi) is 5.17. The lowest BCUT2D eigenvalue weighted by Crippen LogP contribution is -2.37. The monoisotopic (exact) mass is 405 g/mol. The van der Waals surface area contributed by atoms with Gasteiger partial charge in [-0.05, 0) is 63.0 Å². The molecule has 150 valence electrons. The summed E-state index contributed by atoms with van der Waals surface area (Å²) in [6, 6.07) is 5.85. The van der Waals surface area contributed by atoms with Gasteiger partial charge < -0.3 is 9.73 Å². The van der Waals surface area contributed by atoms with Crippen LogP contribution in [0.25, 0.3) is 0 Å². The van der Waals surface area contributed by atoms with Crippen molar-refractivity contribution in [3.05, 3.63) is 36.0 Å². The van der Waals surface area contributed by atoms with Gasteiger partial charge in [0, 0.05) is 17.5 Å². The summed E-state index contributed by atoms with van der Waals surface area (Å²) in [6.45, 7) is 2.18. The van der Waals surface area contributed by atoms with Crippen molar-refractivity contribution in [1.29, 1.82) is 0 Å². The van der Waals surface area contributed by atoms with Crippen LogP contribution >= 0.6 is 0 Å². The number of benzene rings is 1. The third-order valence-electron chi connectivity index (χ3n) is 5.18. The number of nitrogens with one attached hydrogen (secondary N) is 1. The van der Waals surface area contributed by atoms with E-state index in [1.807, 2.05) is 0 Å². The third kappa shape index (κ3) is 4.57. The number of nitrogens with two attached hydrogens (primary N) is 1. The number of carbonyl (C=O) groups excluding carboxylic acids is 1. The molecule has 2 fully saturated rings. The van der Waals surface area contributed by atoms with E-state index in [1.165, 1.54) is 12.1 Å². The molecule has 0 spiro atoms. The summed E-state index contributed by atoms with van der Waals surface area (Å²) in [6.07, 6.45) is 3.75. The van der Waals surface area contributed by atoms with Gasteiger partial charge in [0.2, 0.25) is 27.7 Å². The fourth-order valence-electron chi connectivity index (χ4n) is 3.34. The van der Waals surface area contributed by atoms with E-state index in [9.17, 15) is 13.2 Å². The minimum Gasteiger partial charge on any atom is -0.424 e. The number of carbonyl (C=O) groups is 1. The Balaban J connectivity index is 1.26. The van der Waals surface area contributed by atoms with E-state index in [2.05, 4.69) is 20.4 Å². The number of hydrogen-bond acceptors (Lipinski definition) is 7. The first-order valence-electron chi connectivity index (χ1n) is 9.37. The Morgan fingerprint density at radius 2 is 1.82 bits per heavy atom. The second-order valence-corrected chi connectivity index (χ2v) is 8.98. The fraction of sp³-hybridized carbons (Fsp3) is 0.500. The highest BCUT2D eigenvalue weighted by Gasteiger charge is 2.30. The van der Waals surface area contributed by atoms with E-state index in [4.69, 9.17) is 9.56 Å². The molecule has 1 aliphatic carbocycles. The van der Waals surface area contributed by atoms with E-state index in [-0.39, 0.29) is 16.7 Å². The van der Waals surface area contributed by atoms with Crippen LogP contribution in [0.2, 0.25) is 0 Å². The van der Waals surface area contributed by atoms with Crippen LogP contribution in [-0.2, 0) is 21.4 Å². The van der Waals surface area contributed by atoms with Crippen LogP contribution in [0.15, 0.2) is 33.6 Å². The highest BCUT2D eigenvalue weighted by molar-refractivity contribution is 7.89. The van der Waals surface area contributed by atoms with Crippen molar-refractivity contribution in [3.63, 3.8) is 0 Å². The maximum Gasteiger partial charge on any atom is 0.238 e. The van der Waals surface area contributed by atoms with Crippen molar-refractivity contribution >= 4 is 21.6 Å². The Bertz CT molecular complexity index is 945. The number of amides is 1. The Morgan fingerprint density at radius 3 is 2.43 bits per heavy atom. The maximum atomic E-state index is 12.5. The van der Waals surface area contributed by atoms with Crippen LogP contribution < -0.4 is 10.5 Å². The van der Waals surface area contributed by atoms with Crippen LogP contribution in [0, 0.1) is 5.92 Å². The standard InChI is InChI=1S/C18H23N5O4S/c19-28(25,26)15-5-3-14(4-6-15)20-17(24)12-7-9-23(10-8-12)11-16-21-22-18(27-16)13-1-2-13/h3-6,12-13H,1-2,7-11H2,(H,20,24)(H2,19,25,26). The molecule has 0 unspecified atom stereocenters. The molecule has 10 heteroatoms. The second-order valence-electron chi connectivity index (χ2n) is 7.42. The van der Waals surface area contributed by atoms with Gasteiger partial charge in [0.15, 0.2) is 0 Å². The molecule has 1 saturated heterocycles. The quantitative estimate of drug-likeness (QED) is 0.743. The van der Waals surface area contributed by atoms with Crippen molar-refractivity contribution in [2.45, 2.75) is 43.0 Å². The predicted molar refractivity (Wildman–Crippen MR) is 101 cm³/mol. The summed E-state index contributed by atoms with van der Waals surface area (Å²) in [4.78, 5) is 14.7. The average Bonchev–Trinajstić information content (AvgIpc) is 3.41. The average molecular weight is 405 g/mol. The van der Waals surface area contributed by atoms with Gasteiger partial charge in [0.25, 0.3) is 0 Å². The molecular formula is C18H23N5O4S. The van der Waals surface area contributed by atoms with Crippen LogP contribution in [0.3, 0.4) is 0 Å². The molecule has 2 heterocycles. The number of piperidine rings is 1. The summed E-state index contributed by atoms with van der Waals surface area (Å²) in [5, 5.41) is 16.1. The van der Waals surface area contributed by atoms with Crippen LogP contribution in [0.4, 0.5) is 5.69 Å². The van der Waals surface area contributed by atoms with Gasteiger partial charge in [-0.25, -0.2) is 13.6 Å². The van der Waals surface area contributed by atoms with Crippen LogP contribution in [-0.4, -0.2) is 42.5 Å².